The molecule has 0 radical (unpaired) electrons. The van der Waals surface area contributed by atoms with E-state index in [4.69, 9.17) is 9.15 Å². The van der Waals surface area contributed by atoms with Crippen LogP contribution in [0, 0.1) is 0 Å². The van der Waals surface area contributed by atoms with E-state index >= 15 is 0 Å². The molecule has 5 nitrogen and oxygen atoms in total. The topological polar surface area (TPSA) is 53.1 Å². The number of rotatable bonds is 6. The molecule has 2 aromatic rings. The van der Waals surface area contributed by atoms with Crippen LogP contribution >= 0.6 is 11.8 Å². The molecule has 0 amide bonds. The number of furan rings is 1. The number of hydrogen-bond acceptors (Lipinski definition) is 5. The average Bonchev–Trinajstić information content (AvgIpc) is 2.92. The van der Waals surface area contributed by atoms with Crippen LogP contribution in [-0.2, 0) is 11.3 Å². The van der Waals surface area contributed by atoms with E-state index in [-0.39, 0.29) is 0 Å². The third-order valence-electron chi connectivity index (χ3n) is 2.00. The largest absolute Gasteiger partial charge is 0.467 e. The molecule has 0 fully saturated rings. The number of aromatic nitrogens is 3. The van der Waals surface area contributed by atoms with E-state index in [0.29, 0.717) is 13.2 Å². The van der Waals surface area contributed by atoms with E-state index in [9.17, 15) is 0 Å². The third-order valence-corrected chi connectivity index (χ3v) is 2.95. The molecular formula is C10H13N3O2S. The maximum absolute atomic E-state index is 5.28. The highest BCUT2D eigenvalue weighted by Gasteiger charge is 2.06. The normalized spacial score (nSPS) is 10.8. The van der Waals surface area contributed by atoms with E-state index < -0.39 is 0 Å². The van der Waals surface area contributed by atoms with Gasteiger partial charge in [0.1, 0.15) is 12.1 Å². The van der Waals surface area contributed by atoms with Crippen LogP contribution in [0.4, 0.5) is 0 Å². The smallest absolute Gasteiger partial charge is 0.191 e. The van der Waals surface area contributed by atoms with Crippen molar-refractivity contribution in [1.29, 1.82) is 0 Å². The first-order valence-corrected chi connectivity index (χ1v) is 5.90. The first-order valence-electron chi connectivity index (χ1n) is 4.92. The second-order valence-corrected chi connectivity index (χ2v) is 4.22. The van der Waals surface area contributed by atoms with Crippen molar-refractivity contribution in [2.75, 3.05) is 19.5 Å². The molecule has 0 aliphatic carbocycles. The quantitative estimate of drug-likeness (QED) is 0.567. The van der Waals surface area contributed by atoms with Gasteiger partial charge in [0.15, 0.2) is 5.16 Å². The lowest BCUT2D eigenvalue weighted by molar-refractivity contribution is 0.218. The zero-order chi connectivity index (χ0) is 11.2. The van der Waals surface area contributed by atoms with Gasteiger partial charge in [-0.1, -0.05) is 11.8 Å². The number of thioether (sulfide) groups is 1. The van der Waals surface area contributed by atoms with Crippen LogP contribution in [0.3, 0.4) is 0 Å². The standard InChI is InChI=1S/C10H13N3O2S/c1-14-5-6-16-10-12-11-8-13(10)7-9-3-2-4-15-9/h2-4,8H,5-7H2,1H3. The van der Waals surface area contributed by atoms with Gasteiger partial charge in [-0.2, -0.15) is 0 Å². The number of hydrogen-bond donors (Lipinski definition) is 0. The van der Waals surface area contributed by atoms with Crippen LogP contribution in [0.15, 0.2) is 34.3 Å². The summed E-state index contributed by atoms with van der Waals surface area (Å²) in [4.78, 5) is 0. The van der Waals surface area contributed by atoms with Crippen molar-refractivity contribution in [3.63, 3.8) is 0 Å². The average molecular weight is 239 g/mol. The van der Waals surface area contributed by atoms with Gasteiger partial charge in [0.2, 0.25) is 0 Å². The van der Waals surface area contributed by atoms with Crippen LogP contribution in [0.5, 0.6) is 0 Å². The number of methoxy groups -OCH3 is 1. The second kappa shape index (κ2) is 5.72. The van der Waals surface area contributed by atoms with Crippen molar-refractivity contribution in [1.82, 2.24) is 14.8 Å². The molecule has 0 spiro atoms. The van der Waals surface area contributed by atoms with Crippen molar-refractivity contribution in [2.24, 2.45) is 0 Å². The van der Waals surface area contributed by atoms with Gasteiger partial charge < -0.3 is 13.7 Å². The minimum atomic E-state index is 0.662. The fourth-order valence-electron chi connectivity index (χ4n) is 1.25. The molecule has 2 rings (SSSR count). The molecule has 2 aromatic heterocycles. The van der Waals surface area contributed by atoms with Gasteiger partial charge in [-0.15, -0.1) is 10.2 Å². The number of nitrogens with zero attached hydrogens (tertiary/aromatic N) is 3. The molecule has 0 saturated carbocycles. The van der Waals surface area contributed by atoms with Crippen LogP contribution in [-0.4, -0.2) is 34.2 Å². The summed E-state index contributed by atoms with van der Waals surface area (Å²) in [6.07, 6.45) is 3.37. The van der Waals surface area contributed by atoms with Gasteiger partial charge in [0.25, 0.3) is 0 Å². The molecule has 0 aromatic carbocycles. The van der Waals surface area contributed by atoms with Crippen LogP contribution in [0.25, 0.3) is 0 Å². The Morgan fingerprint density at radius 3 is 3.25 bits per heavy atom. The van der Waals surface area contributed by atoms with Crippen molar-refractivity contribution in [3.05, 3.63) is 30.5 Å². The van der Waals surface area contributed by atoms with E-state index in [0.717, 1.165) is 16.7 Å². The predicted octanol–water partition coefficient (Wildman–Crippen LogP) is 1.66. The first kappa shape index (κ1) is 11.2. The summed E-state index contributed by atoms with van der Waals surface area (Å²) in [7, 11) is 1.69. The number of ether oxygens (including phenoxy) is 1. The Balaban J connectivity index is 1.96. The zero-order valence-electron chi connectivity index (χ0n) is 9.00. The summed E-state index contributed by atoms with van der Waals surface area (Å²) in [5, 5.41) is 8.82. The van der Waals surface area contributed by atoms with E-state index in [2.05, 4.69) is 10.2 Å². The summed E-state index contributed by atoms with van der Waals surface area (Å²) >= 11 is 1.62. The molecule has 0 N–H and O–H groups in total. The van der Waals surface area contributed by atoms with Crippen molar-refractivity contribution >= 4 is 11.8 Å². The summed E-state index contributed by atoms with van der Waals surface area (Å²) < 4.78 is 12.2. The van der Waals surface area contributed by atoms with E-state index in [1.807, 2.05) is 16.7 Å². The van der Waals surface area contributed by atoms with Gasteiger partial charge >= 0.3 is 0 Å². The molecule has 0 atom stereocenters. The molecule has 0 aliphatic rings. The Kier molecular flexibility index (Phi) is 4.01. The first-order chi connectivity index (χ1) is 7.90. The highest BCUT2D eigenvalue weighted by atomic mass is 32.2. The molecule has 0 bridgehead atoms. The second-order valence-electron chi connectivity index (χ2n) is 3.16. The van der Waals surface area contributed by atoms with Gasteiger partial charge in [-0.25, -0.2) is 0 Å². The third kappa shape index (κ3) is 2.86. The van der Waals surface area contributed by atoms with Gasteiger partial charge in [-0.05, 0) is 12.1 Å². The minimum absolute atomic E-state index is 0.662. The Labute approximate surface area is 97.8 Å². The fourth-order valence-corrected chi connectivity index (χ4v) is 2.07. The lowest BCUT2D eigenvalue weighted by Crippen LogP contribution is -2.01. The summed E-state index contributed by atoms with van der Waals surface area (Å²) in [6.45, 7) is 1.37. The molecule has 0 saturated heterocycles. The monoisotopic (exact) mass is 239 g/mol. The Bertz CT molecular complexity index is 413. The molecule has 2 heterocycles. The Hall–Kier alpha value is -1.27. The summed E-state index contributed by atoms with van der Waals surface area (Å²) in [5.41, 5.74) is 0. The van der Waals surface area contributed by atoms with Crippen molar-refractivity contribution in [2.45, 2.75) is 11.7 Å². The van der Waals surface area contributed by atoms with Gasteiger partial charge in [-0.3, -0.25) is 0 Å². The van der Waals surface area contributed by atoms with Gasteiger partial charge in [0.05, 0.1) is 19.4 Å². The maximum Gasteiger partial charge on any atom is 0.191 e. The molecule has 0 aliphatic heterocycles. The maximum atomic E-state index is 5.28. The van der Waals surface area contributed by atoms with E-state index in [1.165, 1.54) is 0 Å². The molecule has 86 valence electrons. The molecular weight excluding hydrogens is 226 g/mol. The fraction of sp³-hybridized carbons (Fsp3) is 0.400. The SMILES string of the molecule is COCCSc1nncn1Cc1ccco1. The van der Waals surface area contributed by atoms with Crippen molar-refractivity contribution < 1.29 is 9.15 Å². The van der Waals surface area contributed by atoms with Crippen molar-refractivity contribution in [3.8, 4) is 0 Å². The van der Waals surface area contributed by atoms with Crippen LogP contribution in [0.1, 0.15) is 5.76 Å². The highest BCUT2D eigenvalue weighted by molar-refractivity contribution is 7.99. The lowest BCUT2D eigenvalue weighted by Gasteiger charge is -2.03. The van der Waals surface area contributed by atoms with E-state index in [1.54, 1.807) is 31.5 Å². The molecule has 16 heavy (non-hydrogen) atoms. The van der Waals surface area contributed by atoms with Crippen LogP contribution in [0.2, 0.25) is 0 Å². The summed E-state index contributed by atoms with van der Waals surface area (Å²) in [6, 6.07) is 3.81. The molecule has 6 heteroatoms. The van der Waals surface area contributed by atoms with Crippen LogP contribution < -0.4 is 0 Å². The Morgan fingerprint density at radius 1 is 1.56 bits per heavy atom. The Morgan fingerprint density at radius 2 is 2.50 bits per heavy atom. The minimum Gasteiger partial charge on any atom is -0.467 e. The zero-order valence-corrected chi connectivity index (χ0v) is 9.81. The molecule has 0 unspecified atom stereocenters. The highest BCUT2D eigenvalue weighted by Crippen LogP contribution is 2.15. The van der Waals surface area contributed by atoms with Gasteiger partial charge in [0, 0.05) is 12.9 Å². The summed E-state index contributed by atoms with van der Waals surface area (Å²) in [5.74, 6) is 1.77. The predicted molar refractivity (Wildman–Crippen MR) is 60.4 cm³/mol. The lowest BCUT2D eigenvalue weighted by atomic mass is 10.4.